The van der Waals surface area contributed by atoms with Gasteiger partial charge in [-0.25, -0.2) is 0 Å². The molecule has 1 unspecified atom stereocenters. The fourth-order valence-electron chi connectivity index (χ4n) is 2.11. The number of anilines is 1. The van der Waals surface area contributed by atoms with Gasteiger partial charge in [-0.3, -0.25) is 10.1 Å². The third kappa shape index (κ3) is 3.63. The van der Waals surface area contributed by atoms with E-state index in [0.717, 1.165) is 14.5 Å². The Morgan fingerprint density at radius 1 is 1.19 bits per heavy atom. The van der Waals surface area contributed by atoms with E-state index in [4.69, 9.17) is 0 Å². The Morgan fingerprint density at radius 2 is 1.86 bits per heavy atom. The zero-order chi connectivity index (χ0) is 15.6. The van der Waals surface area contributed by atoms with Crippen molar-refractivity contribution in [3.63, 3.8) is 0 Å². The van der Waals surface area contributed by atoms with Crippen LogP contribution >= 0.6 is 31.9 Å². The molecule has 21 heavy (non-hydrogen) atoms. The van der Waals surface area contributed by atoms with Crippen LogP contribution in [0.2, 0.25) is 0 Å². The Bertz CT molecular complexity index is 689. The largest absolute Gasteiger partial charge is 0.377 e. The van der Waals surface area contributed by atoms with Crippen LogP contribution in [0.3, 0.4) is 0 Å². The number of rotatable bonds is 4. The van der Waals surface area contributed by atoms with Crippen molar-refractivity contribution >= 4 is 43.2 Å². The number of benzene rings is 2. The van der Waals surface area contributed by atoms with Gasteiger partial charge in [-0.2, -0.15) is 0 Å². The first-order valence-corrected chi connectivity index (χ1v) is 7.94. The Labute approximate surface area is 140 Å². The lowest BCUT2D eigenvalue weighted by molar-refractivity contribution is -0.385. The van der Waals surface area contributed by atoms with Crippen LogP contribution in [0.25, 0.3) is 0 Å². The van der Waals surface area contributed by atoms with E-state index in [-0.39, 0.29) is 16.7 Å². The lowest BCUT2D eigenvalue weighted by atomic mass is 10.1. The summed E-state index contributed by atoms with van der Waals surface area (Å²) in [5, 5.41) is 14.4. The second-order valence-corrected chi connectivity index (χ2v) is 6.47. The van der Waals surface area contributed by atoms with Crippen molar-refractivity contribution in [1.29, 1.82) is 0 Å². The van der Waals surface area contributed by atoms with Gasteiger partial charge in [0.05, 0.1) is 10.6 Å². The smallest absolute Gasteiger partial charge is 0.274 e. The summed E-state index contributed by atoms with van der Waals surface area (Å²) in [6.45, 7) is 3.74. The van der Waals surface area contributed by atoms with Crippen LogP contribution in [0.5, 0.6) is 0 Å². The number of nitrogens with zero attached hydrogens (tertiary/aromatic N) is 1. The van der Waals surface area contributed by atoms with Gasteiger partial charge in [0.1, 0.15) is 0 Å². The molecular weight excluding hydrogens is 400 g/mol. The summed E-state index contributed by atoms with van der Waals surface area (Å²) in [5.41, 5.74) is 2.54. The van der Waals surface area contributed by atoms with E-state index in [9.17, 15) is 10.1 Å². The molecule has 0 aromatic heterocycles. The van der Waals surface area contributed by atoms with E-state index in [1.807, 2.05) is 31.2 Å². The zero-order valence-corrected chi connectivity index (χ0v) is 14.7. The predicted octanol–water partition coefficient (Wildman–Crippen LogP) is 5.60. The van der Waals surface area contributed by atoms with E-state index in [1.165, 1.54) is 0 Å². The quantitative estimate of drug-likeness (QED) is 0.524. The van der Waals surface area contributed by atoms with E-state index >= 15 is 0 Å². The molecule has 0 heterocycles. The SMILES string of the molecule is Cc1cc(Br)c(NC(C)c2ccccc2Br)cc1[N+](=O)[O-]. The summed E-state index contributed by atoms with van der Waals surface area (Å²) < 4.78 is 1.81. The summed E-state index contributed by atoms with van der Waals surface area (Å²) in [4.78, 5) is 10.7. The Morgan fingerprint density at radius 3 is 2.48 bits per heavy atom. The van der Waals surface area contributed by atoms with Crippen molar-refractivity contribution in [2.75, 3.05) is 5.32 Å². The number of nitro groups is 1. The van der Waals surface area contributed by atoms with Crippen molar-refractivity contribution < 1.29 is 4.92 Å². The van der Waals surface area contributed by atoms with Crippen molar-refractivity contribution in [3.05, 3.63) is 66.6 Å². The fourth-order valence-corrected chi connectivity index (χ4v) is 3.31. The van der Waals surface area contributed by atoms with Gasteiger partial charge in [-0.05, 0) is 47.5 Å². The first kappa shape index (κ1) is 16.0. The lowest BCUT2D eigenvalue weighted by Crippen LogP contribution is -2.08. The lowest BCUT2D eigenvalue weighted by Gasteiger charge is -2.18. The third-order valence-corrected chi connectivity index (χ3v) is 4.60. The minimum atomic E-state index is -0.365. The highest BCUT2D eigenvalue weighted by Crippen LogP contribution is 2.34. The van der Waals surface area contributed by atoms with E-state index in [2.05, 4.69) is 37.2 Å². The second kappa shape index (κ2) is 6.58. The maximum Gasteiger partial charge on any atom is 0.274 e. The molecule has 4 nitrogen and oxygen atoms in total. The third-order valence-electron chi connectivity index (χ3n) is 3.23. The monoisotopic (exact) mass is 412 g/mol. The number of hydrogen-bond donors (Lipinski definition) is 1. The summed E-state index contributed by atoms with van der Waals surface area (Å²) in [6.07, 6.45) is 0. The average molecular weight is 414 g/mol. The molecule has 6 heteroatoms. The van der Waals surface area contributed by atoms with Gasteiger partial charge in [-0.1, -0.05) is 34.1 Å². The highest BCUT2D eigenvalue weighted by atomic mass is 79.9. The summed E-state index contributed by atoms with van der Waals surface area (Å²) in [5.74, 6) is 0. The van der Waals surface area contributed by atoms with Gasteiger partial charge >= 0.3 is 0 Å². The molecule has 2 aromatic carbocycles. The van der Waals surface area contributed by atoms with E-state index < -0.39 is 0 Å². The van der Waals surface area contributed by atoms with Crippen molar-refractivity contribution in [3.8, 4) is 0 Å². The number of aryl methyl sites for hydroxylation is 1. The molecule has 2 aromatic rings. The second-order valence-electron chi connectivity index (χ2n) is 4.76. The van der Waals surface area contributed by atoms with E-state index in [0.29, 0.717) is 11.3 Å². The molecule has 0 aliphatic rings. The van der Waals surface area contributed by atoms with Crippen LogP contribution in [0.1, 0.15) is 24.1 Å². The van der Waals surface area contributed by atoms with Crippen LogP contribution in [0, 0.1) is 17.0 Å². The highest BCUT2D eigenvalue weighted by Gasteiger charge is 2.16. The molecule has 0 amide bonds. The maximum atomic E-state index is 11.1. The van der Waals surface area contributed by atoms with Gasteiger partial charge in [0.15, 0.2) is 0 Å². The minimum Gasteiger partial charge on any atom is -0.377 e. The van der Waals surface area contributed by atoms with Gasteiger partial charge in [-0.15, -0.1) is 0 Å². The molecule has 0 radical (unpaired) electrons. The van der Waals surface area contributed by atoms with Crippen LogP contribution in [0.4, 0.5) is 11.4 Å². The van der Waals surface area contributed by atoms with Crippen molar-refractivity contribution in [2.45, 2.75) is 19.9 Å². The number of nitro benzene ring substituents is 1. The molecule has 110 valence electrons. The maximum absolute atomic E-state index is 11.1. The molecule has 0 aliphatic heterocycles. The molecule has 0 bridgehead atoms. The first-order chi connectivity index (χ1) is 9.90. The van der Waals surface area contributed by atoms with Crippen LogP contribution in [-0.4, -0.2) is 4.92 Å². The molecule has 2 rings (SSSR count). The molecule has 0 saturated carbocycles. The van der Waals surface area contributed by atoms with E-state index in [1.54, 1.807) is 19.1 Å². The zero-order valence-electron chi connectivity index (χ0n) is 11.6. The summed E-state index contributed by atoms with van der Waals surface area (Å²) >= 11 is 6.97. The average Bonchev–Trinajstić information content (AvgIpc) is 2.41. The van der Waals surface area contributed by atoms with Gasteiger partial charge < -0.3 is 5.32 Å². The van der Waals surface area contributed by atoms with Crippen LogP contribution in [-0.2, 0) is 0 Å². The molecule has 1 atom stereocenters. The highest BCUT2D eigenvalue weighted by molar-refractivity contribution is 9.11. The van der Waals surface area contributed by atoms with Gasteiger partial charge in [0.25, 0.3) is 5.69 Å². The molecule has 0 spiro atoms. The van der Waals surface area contributed by atoms with Gasteiger partial charge in [0, 0.05) is 26.6 Å². The standard InChI is InChI=1S/C15H14Br2N2O2/c1-9-7-13(17)14(8-15(9)19(20)21)18-10(2)11-5-3-4-6-12(11)16/h3-8,10,18H,1-2H3. The Balaban J connectivity index is 2.33. The summed E-state index contributed by atoms with van der Waals surface area (Å²) in [6, 6.07) is 11.2. The number of nitrogens with one attached hydrogen (secondary N) is 1. The minimum absolute atomic E-state index is 0.0131. The fraction of sp³-hybridized carbons (Fsp3) is 0.200. The number of halogens is 2. The molecule has 0 aliphatic carbocycles. The van der Waals surface area contributed by atoms with Crippen LogP contribution in [0.15, 0.2) is 45.3 Å². The van der Waals surface area contributed by atoms with Crippen LogP contribution < -0.4 is 5.32 Å². The summed E-state index contributed by atoms with van der Waals surface area (Å²) in [7, 11) is 0. The molecule has 0 saturated heterocycles. The Kier molecular flexibility index (Phi) is 5.00. The Hall–Kier alpha value is -1.40. The molecule has 0 fully saturated rings. The predicted molar refractivity (Wildman–Crippen MR) is 91.7 cm³/mol. The molecular formula is C15H14Br2N2O2. The normalized spacial score (nSPS) is 12.0. The first-order valence-electron chi connectivity index (χ1n) is 6.35. The van der Waals surface area contributed by atoms with Gasteiger partial charge in [0.2, 0.25) is 0 Å². The van der Waals surface area contributed by atoms with Crippen molar-refractivity contribution in [2.24, 2.45) is 0 Å². The van der Waals surface area contributed by atoms with Crippen molar-refractivity contribution in [1.82, 2.24) is 0 Å². The topological polar surface area (TPSA) is 55.2 Å². The molecule has 1 N–H and O–H groups in total. The number of hydrogen-bond acceptors (Lipinski definition) is 3.